The van der Waals surface area contributed by atoms with Gasteiger partial charge < -0.3 is 4.74 Å². The second-order valence-electron chi connectivity index (χ2n) is 8.47. The summed E-state index contributed by atoms with van der Waals surface area (Å²) in [4.78, 5) is 11.0. The average molecular weight is 402 g/mol. The largest absolute Gasteiger partial charge is 0.466 e. The van der Waals surface area contributed by atoms with E-state index in [1.54, 1.807) is 0 Å². The molecule has 0 aliphatic carbocycles. The van der Waals surface area contributed by atoms with Gasteiger partial charge >= 0.3 is 5.97 Å². The molecule has 0 aromatic rings. The number of rotatable bonds is 20. The zero-order valence-corrected chi connectivity index (χ0v) is 20.1. The lowest BCUT2D eigenvalue weighted by molar-refractivity contribution is -0.141. The lowest BCUT2D eigenvalue weighted by Gasteiger charge is -2.28. The first-order valence-electron chi connectivity index (χ1n) is 12.1. The molecule has 0 spiro atoms. The fourth-order valence-corrected chi connectivity index (χ4v) is 8.98. The summed E-state index contributed by atoms with van der Waals surface area (Å²) in [7, 11) is -0.821. The molecule has 0 saturated heterocycles. The van der Waals surface area contributed by atoms with Crippen LogP contribution < -0.4 is 0 Å². The summed E-state index contributed by atoms with van der Waals surface area (Å²) in [6.07, 6.45) is 25.2. The Bertz CT molecular complexity index is 299. The van der Waals surface area contributed by atoms with Gasteiger partial charge in [-0.05, 0) is 51.4 Å². The fourth-order valence-electron chi connectivity index (χ4n) is 4.06. The number of hydrogen-bond acceptors (Lipinski definition) is 2. The normalized spacial score (nSPS) is 11.7. The maximum atomic E-state index is 11.0. The third kappa shape index (κ3) is 16.5. The molecule has 27 heavy (non-hydrogen) atoms. The quantitative estimate of drug-likeness (QED) is 0.117. The first-order chi connectivity index (χ1) is 13.1. The third-order valence-electron chi connectivity index (χ3n) is 5.79. The predicted octanol–water partition coefficient (Wildman–Crippen LogP) is 8.09. The molecule has 0 N–H and O–H groups in total. The molecule has 0 amide bonds. The van der Waals surface area contributed by atoms with Gasteiger partial charge in [0.2, 0.25) is 0 Å². The maximum absolute atomic E-state index is 11.0. The van der Waals surface area contributed by atoms with Crippen molar-refractivity contribution >= 4 is 13.2 Å². The van der Waals surface area contributed by atoms with Crippen molar-refractivity contribution in [2.75, 3.05) is 31.3 Å². The number of carbonyl (C=O) groups is 1. The Hall–Kier alpha value is -0.100. The molecule has 2 nitrogen and oxygen atoms in total. The minimum atomic E-state index is -0.821. The molecule has 3 heteroatoms. The molecule has 0 atom stereocenters. The first kappa shape index (κ1) is 26.9. The van der Waals surface area contributed by atoms with Crippen LogP contribution >= 0.6 is 7.26 Å². The Morgan fingerprint density at radius 3 is 1.30 bits per heavy atom. The number of esters is 1. The Morgan fingerprint density at radius 1 is 0.593 bits per heavy atom. The second-order valence-corrected chi connectivity index (χ2v) is 12.9. The highest BCUT2D eigenvalue weighted by Crippen LogP contribution is 2.61. The SMILES string of the molecule is CCCCCC[P+](CCCCCC)(CCCCCC)CCCCOC(C)=O. The van der Waals surface area contributed by atoms with Crippen molar-refractivity contribution < 1.29 is 9.53 Å². The van der Waals surface area contributed by atoms with Crippen LogP contribution in [-0.2, 0) is 9.53 Å². The van der Waals surface area contributed by atoms with Crippen LogP contribution in [0.4, 0.5) is 0 Å². The summed E-state index contributed by atoms with van der Waals surface area (Å²) in [5, 5.41) is 0. The van der Waals surface area contributed by atoms with Crippen LogP contribution in [0.2, 0.25) is 0 Å². The van der Waals surface area contributed by atoms with Gasteiger partial charge in [0.25, 0.3) is 0 Å². The van der Waals surface area contributed by atoms with E-state index < -0.39 is 7.26 Å². The molecular formula is C24H50O2P+. The molecule has 0 aromatic heterocycles. The van der Waals surface area contributed by atoms with E-state index in [2.05, 4.69) is 20.8 Å². The van der Waals surface area contributed by atoms with Gasteiger partial charge in [-0.2, -0.15) is 0 Å². The Morgan fingerprint density at radius 2 is 0.963 bits per heavy atom. The van der Waals surface area contributed by atoms with Gasteiger partial charge in [0, 0.05) is 14.2 Å². The van der Waals surface area contributed by atoms with Crippen LogP contribution in [-0.4, -0.2) is 37.2 Å². The second kappa shape index (κ2) is 19.2. The van der Waals surface area contributed by atoms with Crippen molar-refractivity contribution in [3.05, 3.63) is 0 Å². The van der Waals surface area contributed by atoms with E-state index in [9.17, 15) is 4.79 Å². The molecule has 0 saturated carbocycles. The van der Waals surface area contributed by atoms with E-state index in [0.717, 1.165) is 6.42 Å². The molecule has 0 bridgehead atoms. The molecular weight excluding hydrogens is 351 g/mol. The maximum Gasteiger partial charge on any atom is 0.302 e. The molecule has 0 rings (SSSR count). The molecule has 0 fully saturated rings. The Kier molecular flexibility index (Phi) is 19.2. The van der Waals surface area contributed by atoms with Gasteiger partial charge in [-0.15, -0.1) is 0 Å². The molecule has 0 heterocycles. The molecule has 0 unspecified atom stereocenters. The number of carbonyl (C=O) groups excluding carboxylic acids is 1. The van der Waals surface area contributed by atoms with Crippen molar-refractivity contribution in [1.29, 1.82) is 0 Å². The van der Waals surface area contributed by atoms with Crippen LogP contribution in [0.1, 0.15) is 118 Å². The van der Waals surface area contributed by atoms with E-state index in [1.165, 1.54) is 115 Å². The van der Waals surface area contributed by atoms with Crippen molar-refractivity contribution in [2.45, 2.75) is 118 Å². The molecule has 0 aromatic carbocycles. The first-order valence-corrected chi connectivity index (χ1v) is 14.6. The highest BCUT2D eigenvalue weighted by atomic mass is 31.2. The van der Waals surface area contributed by atoms with Crippen molar-refractivity contribution in [1.82, 2.24) is 0 Å². The monoisotopic (exact) mass is 401 g/mol. The van der Waals surface area contributed by atoms with E-state index in [1.807, 2.05) is 0 Å². The lowest BCUT2D eigenvalue weighted by Crippen LogP contribution is -2.14. The Labute approximate surface area is 171 Å². The summed E-state index contributed by atoms with van der Waals surface area (Å²) in [5.41, 5.74) is 0. The fraction of sp³-hybridized carbons (Fsp3) is 0.958. The third-order valence-corrected chi connectivity index (χ3v) is 10.8. The topological polar surface area (TPSA) is 26.3 Å². The average Bonchev–Trinajstić information content (AvgIpc) is 2.65. The highest BCUT2D eigenvalue weighted by Gasteiger charge is 2.34. The van der Waals surface area contributed by atoms with E-state index in [-0.39, 0.29) is 5.97 Å². The zero-order valence-electron chi connectivity index (χ0n) is 19.2. The summed E-state index contributed by atoms with van der Waals surface area (Å²) >= 11 is 0. The molecule has 0 aliphatic rings. The summed E-state index contributed by atoms with van der Waals surface area (Å²) in [5.74, 6) is -0.130. The van der Waals surface area contributed by atoms with Crippen LogP contribution in [0.25, 0.3) is 0 Å². The van der Waals surface area contributed by atoms with Crippen molar-refractivity contribution in [3.8, 4) is 0 Å². The van der Waals surface area contributed by atoms with Gasteiger partial charge in [-0.3, -0.25) is 4.79 Å². The number of unbranched alkanes of at least 4 members (excludes halogenated alkanes) is 10. The summed E-state index contributed by atoms with van der Waals surface area (Å²) in [6.45, 7) is 9.08. The van der Waals surface area contributed by atoms with Crippen LogP contribution in [0.15, 0.2) is 0 Å². The molecule has 0 radical (unpaired) electrons. The van der Waals surface area contributed by atoms with E-state index in [4.69, 9.17) is 4.74 Å². The van der Waals surface area contributed by atoms with E-state index in [0.29, 0.717) is 6.61 Å². The van der Waals surface area contributed by atoms with Crippen LogP contribution in [0, 0.1) is 0 Å². The predicted molar refractivity (Wildman–Crippen MR) is 125 cm³/mol. The number of hydrogen-bond donors (Lipinski definition) is 0. The van der Waals surface area contributed by atoms with Gasteiger partial charge in [0.1, 0.15) is 0 Å². The molecule has 162 valence electrons. The van der Waals surface area contributed by atoms with Crippen LogP contribution in [0.3, 0.4) is 0 Å². The van der Waals surface area contributed by atoms with Gasteiger partial charge in [0.05, 0.1) is 31.3 Å². The Balaban J connectivity index is 4.68. The van der Waals surface area contributed by atoms with Gasteiger partial charge in [-0.1, -0.05) is 59.3 Å². The standard InChI is InChI=1S/C24H50O2P/c1-5-8-11-15-20-27(21-16-12-9-6-2,22-17-13-10-7-3)23-18-14-19-26-24(4)25/h5-23H2,1-4H3/q+1. The summed E-state index contributed by atoms with van der Waals surface area (Å²) in [6, 6.07) is 0. The van der Waals surface area contributed by atoms with Crippen molar-refractivity contribution in [2.24, 2.45) is 0 Å². The van der Waals surface area contributed by atoms with Crippen LogP contribution in [0.5, 0.6) is 0 Å². The molecule has 0 aliphatic heterocycles. The summed E-state index contributed by atoms with van der Waals surface area (Å²) < 4.78 is 5.17. The number of ether oxygens (including phenoxy) is 1. The highest BCUT2D eigenvalue weighted by molar-refractivity contribution is 7.75. The minimum absolute atomic E-state index is 0.130. The van der Waals surface area contributed by atoms with Gasteiger partial charge in [-0.25, -0.2) is 0 Å². The smallest absolute Gasteiger partial charge is 0.302 e. The van der Waals surface area contributed by atoms with E-state index >= 15 is 0 Å². The lowest BCUT2D eigenvalue weighted by atomic mass is 10.2. The minimum Gasteiger partial charge on any atom is -0.466 e. The van der Waals surface area contributed by atoms with Crippen molar-refractivity contribution in [3.63, 3.8) is 0 Å². The van der Waals surface area contributed by atoms with Gasteiger partial charge in [0.15, 0.2) is 0 Å². The zero-order chi connectivity index (χ0) is 20.2.